The number of aromatic amines is 1. The summed E-state index contributed by atoms with van der Waals surface area (Å²) in [6.45, 7) is 1.44. The van der Waals surface area contributed by atoms with Gasteiger partial charge in [0.2, 0.25) is 5.91 Å². The van der Waals surface area contributed by atoms with Crippen molar-refractivity contribution in [2.75, 3.05) is 16.9 Å². The van der Waals surface area contributed by atoms with Crippen molar-refractivity contribution in [2.45, 2.75) is 12.1 Å². The van der Waals surface area contributed by atoms with Gasteiger partial charge >= 0.3 is 0 Å². The van der Waals surface area contributed by atoms with E-state index < -0.39 is 0 Å². The topological polar surface area (TPSA) is 99.8 Å². The minimum atomic E-state index is -0.197. The molecule has 32 heavy (non-hydrogen) atoms. The van der Waals surface area contributed by atoms with Gasteiger partial charge in [-0.3, -0.25) is 9.59 Å². The van der Waals surface area contributed by atoms with Crippen LogP contribution < -0.4 is 10.6 Å². The van der Waals surface area contributed by atoms with Crippen LogP contribution in [0.5, 0.6) is 0 Å². The third-order valence-corrected chi connectivity index (χ3v) is 5.27. The molecule has 0 saturated heterocycles. The lowest BCUT2D eigenvalue weighted by molar-refractivity contribution is -0.114. The van der Waals surface area contributed by atoms with Gasteiger partial charge in [-0.15, -0.1) is 0 Å². The van der Waals surface area contributed by atoms with Crippen LogP contribution in [0.25, 0.3) is 22.5 Å². The third-order valence-electron chi connectivity index (χ3n) is 4.69. The number of amides is 2. The van der Waals surface area contributed by atoms with E-state index in [-0.39, 0.29) is 11.8 Å². The molecule has 0 atom stereocenters. The van der Waals surface area contributed by atoms with Gasteiger partial charge in [-0.1, -0.05) is 48.2 Å². The zero-order valence-corrected chi connectivity index (χ0v) is 18.4. The largest absolute Gasteiger partial charge is 0.332 e. The van der Waals surface area contributed by atoms with Gasteiger partial charge in [-0.05, 0) is 36.6 Å². The summed E-state index contributed by atoms with van der Waals surface area (Å²) in [5.74, 6) is 0.0576. The lowest BCUT2D eigenvalue weighted by Crippen LogP contribution is -2.12. The van der Waals surface area contributed by atoms with Crippen LogP contribution in [-0.2, 0) is 4.79 Å². The number of pyridine rings is 1. The summed E-state index contributed by atoms with van der Waals surface area (Å²) in [4.78, 5) is 36.5. The quantitative estimate of drug-likeness (QED) is 0.361. The second kappa shape index (κ2) is 9.49. The number of imidazole rings is 1. The van der Waals surface area contributed by atoms with Crippen LogP contribution in [0, 0.1) is 0 Å². The summed E-state index contributed by atoms with van der Waals surface area (Å²) in [6.07, 6.45) is 3.57. The van der Waals surface area contributed by atoms with E-state index in [9.17, 15) is 9.59 Å². The summed E-state index contributed by atoms with van der Waals surface area (Å²) >= 11 is 1.49. The number of benzene rings is 2. The molecule has 0 radical (unpaired) electrons. The first kappa shape index (κ1) is 21.3. The molecule has 8 heteroatoms. The van der Waals surface area contributed by atoms with Gasteiger partial charge in [-0.25, -0.2) is 9.97 Å². The number of para-hydroxylation sites is 1. The second-order valence-electron chi connectivity index (χ2n) is 6.95. The maximum atomic E-state index is 12.8. The number of rotatable bonds is 6. The second-order valence-corrected chi connectivity index (χ2v) is 7.74. The lowest BCUT2D eigenvalue weighted by Gasteiger charge is -2.11. The maximum absolute atomic E-state index is 12.8. The highest BCUT2D eigenvalue weighted by atomic mass is 32.2. The van der Waals surface area contributed by atoms with Crippen molar-refractivity contribution in [1.29, 1.82) is 0 Å². The molecule has 0 aliphatic rings. The zero-order chi connectivity index (χ0) is 22.5. The summed E-state index contributed by atoms with van der Waals surface area (Å²) in [5.41, 5.74) is 4.28. The Labute approximate surface area is 189 Å². The molecule has 0 unspecified atom stereocenters. The lowest BCUT2D eigenvalue weighted by atomic mass is 10.0. The molecule has 0 spiro atoms. The predicted molar refractivity (Wildman–Crippen MR) is 128 cm³/mol. The molecular formula is C24H21N5O2S. The van der Waals surface area contributed by atoms with Crippen LogP contribution in [0.4, 0.5) is 11.5 Å². The van der Waals surface area contributed by atoms with Crippen LogP contribution in [0.2, 0.25) is 0 Å². The molecule has 3 N–H and O–H groups in total. The van der Waals surface area contributed by atoms with Crippen molar-refractivity contribution in [2.24, 2.45) is 0 Å². The van der Waals surface area contributed by atoms with Gasteiger partial charge in [0.1, 0.15) is 5.82 Å². The van der Waals surface area contributed by atoms with Gasteiger partial charge in [0.25, 0.3) is 5.91 Å². The maximum Gasteiger partial charge on any atom is 0.255 e. The van der Waals surface area contributed by atoms with Gasteiger partial charge in [-0.2, -0.15) is 0 Å². The zero-order valence-electron chi connectivity index (χ0n) is 17.5. The van der Waals surface area contributed by atoms with E-state index in [4.69, 9.17) is 4.98 Å². The Bertz CT molecular complexity index is 1270. The summed E-state index contributed by atoms with van der Waals surface area (Å²) < 4.78 is 0. The average molecular weight is 444 g/mol. The number of thioether (sulfide) groups is 1. The van der Waals surface area contributed by atoms with Crippen LogP contribution in [0.1, 0.15) is 17.3 Å². The van der Waals surface area contributed by atoms with Crippen molar-refractivity contribution < 1.29 is 9.59 Å². The number of H-pyrrole nitrogens is 1. The number of carbonyl (C=O) groups is 2. The highest BCUT2D eigenvalue weighted by molar-refractivity contribution is 7.98. The van der Waals surface area contributed by atoms with Crippen LogP contribution in [0.15, 0.2) is 78.1 Å². The molecule has 0 aliphatic carbocycles. The molecule has 7 nitrogen and oxygen atoms in total. The number of aromatic nitrogens is 3. The highest BCUT2D eigenvalue weighted by Gasteiger charge is 2.18. The SMILES string of the molecule is CSc1nc(-c2ccccc2NC(=O)c2ccccc2)c(-c2ccnc(NC(C)=O)c2)[nH]1. The molecule has 4 rings (SSSR count). The van der Waals surface area contributed by atoms with Gasteiger partial charge in [0.15, 0.2) is 5.16 Å². The fraction of sp³-hybridized carbons (Fsp3) is 0.0833. The molecule has 0 aliphatic heterocycles. The van der Waals surface area contributed by atoms with E-state index in [0.29, 0.717) is 22.8 Å². The molecule has 2 amide bonds. The smallest absolute Gasteiger partial charge is 0.255 e. The minimum Gasteiger partial charge on any atom is -0.332 e. The highest BCUT2D eigenvalue weighted by Crippen LogP contribution is 2.36. The number of hydrogen-bond acceptors (Lipinski definition) is 5. The normalized spacial score (nSPS) is 10.6. The Balaban J connectivity index is 1.76. The van der Waals surface area contributed by atoms with Crippen molar-refractivity contribution >= 4 is 35.1 Å². The molecule has 2 aromatic carbocycles. The van der Waals surface area contributed by atoms with Crippen molar-refractivity contribution in [1.82, 2.24) is 15.0 Å². The fourth-order valence-electron chi connectivity index (χ4n) is 3.27. The van der Waals surface area contributed by atoms with Crippen LogP contribution in [-0.4, -0.2) is 33.0 Å². The molecule has 2 heterocycles. The average Bonchev–Trinajstić information content (AvgIpc) is 3.24. The van der Waals surface area contributed by atoms with Crippen molar-refractivity contribution in [3.8, 4) is 22.5 Å². The molecule has 0 bridgehead atoms. The predicted octanol–water partition coefficient (Wildman–Crippen LogP) is 5.07. The number of carbonyl (C=O) groups excluding carboxylic acids is 2. The first-order chi connectivity index (χ1) is 15.5. The number of nitrogens with zero attached hydrogens (tertiary/aromatic N) is 2. The number of hydrogen-bond donors (Lipinski definition) is 3. The Morgan fingerprint density at radius 3 is 2.47 bits per heavy atom. The number of anilines is 2. The van der Waals surface area contributed by atoms with Crippen LogP contribution in [0.3, 0.4) is 0 Å². The van der Waals surface area contributed by atoms with E-state index in [2.05, 4.69) is 20.6 Å². The van der Waals surface area contributed by atoms with E-state index in [1.165, 1.54) is 18.7 Å². The van der Waals surface area contributed by atoms with Crippen molar-refractivity contribution in [3.63, 3.8) is 0 Å². The molecular weight excluding hydrogens is 422 g/mol. The Morgan fingerprint density at radius 1 is 0.969 bits per heavy atom. The summed E-state index contributed by atoms with van der Waals surface area (Å²) in [5, 5.41) is 6.44. The standard InChI is InChI=1S/C24H21N5O2S/c1-15(30)26-20-14-17(12-13-25-20)21-22(29-24(28-21)32-2)18-10-6-7-11-19(18)27-23(31)16-8-4-3-5-9-16/h3-14H,1-2H3,(H,27,31)(H,28,29)(H,25,26,30). The molecule has 4 aromatic rings. The van der Waals surface area contributed by atoms with E-state index >= 15 is 0 Å². The minimum absolute atomic E-state index is 0.196. The Morgan fingerprint density at radius 2 is 1.72 bits per heavy atom. The third kappa shape index (κ3) is 4.70. The van der Waals surface area contributed by atoms with E-state index in [1.54, 1.807) is 24.4 Å². The molecule has 2 aromatic heterocycles. The molecule has 0 fully saturated rings. The Hall–Kier alpha value is -3.91. The first-order valence-corrected chi connectivity index (χ1v) is 11.1. The van der Waals surface area contributed by atoms with Gasteiger partial charge < -0.3 is 15.6 Å². The monoisotopic (exact) mass is 443 g/mol. The summed E-state index contributed by atoms with van der Waals surface area (Å²) in [7, 11) is 0. The van der Waals surface area contributed by atoms with E-state index in [1.807, 2.05) is 54.8 Å². The van der Waals surface area contributed by atoms with Crippen LogP contribution >= 0.6 is 11.8 Å². The van der Waals surface area contributed by atoms with E-state index in [0.717, 1.165) is 22.0 Å². The fourth-order valence-corrected chi connectivity index (χ4v) is 3.66. The van der Waals surface area contributed by atoms with Gasteiger partial charge in [0, 0.05) is 29.8 Å². The molecule has 160 valence electrons. The first-order valence-electron chi connectivity index (χ1n) is 9.89. The Kier molecular flexibility index (Phi) is 6.32. The molecule has 0 saturated carbocycles. The van der Waals surface area contributed by atoms with Crippen molar-refractivity contribution in [3.05, 3.63) is 78.5 Å². The summed E-state index contributed by atoms with van der Waals surface area (Å²) in [6, 6.07) is 20.2. The number of nitrogens with one attached hydrogen (secondary N) is 3. The van der Waals surface area contributed by atoms with Gasteiger partial charge in [0.05, 0.1) is 17.1 Å².